The first kappa shape index (κ1) is 27.6. The van der Waals surface area contributed by atoms with Gasteiger partial charge in [0, 0.05) is 22.7 Å². The maximum Gasteiger partial charge on any atom is 0.414 e. The number of hydrogen-bond donors (Lipinski definition) is 3. The van der Waals surface area contributed by atoms with Gasteiger partial charge in [0.15, 0.2) is 0 Å². The van der Waals surface area contributed by atoms with E-state index < -0.39 is 11.9 Å². The Morgan fingerprint density at radius 3 is 1.91 bits per heavy atom. The third-order valence-electron chi connectivity index (χ3n) is 5.04. The van der Waals surface area contributed by atoms with Crippen LogP contribution < -0.4 is 5.32 Å². The quantitative estimate of drug-likeness (QED) is 0.216. The van der Waals surface area contributed by atoms with Gasteiger partial charge in [-0.2, -0.15) is 0 Å². The average Bonchev–Trinajstić information content (AvgIpc) is 2.88. The topological polar surface area (TPSA) is 107 Å². The van der Waals surface area contributed by atoms with E-state index in [1.165, 1.54) is 10.5 Å². The van der Waals surface area contributed by atoms with E-state index in [1.807, 2.05) is 54.2 Å². The number of anilines is 1. The molecule has 3 N–H and O–H groups in total. The number of carbonyl (C=O) groups excluding carboxylic acids is 1. The van der Waals surface area contributed by atoms with Gasteiger partial charge in [-0.25, -0.2) is 9.59 Å². The Hall–Kier alpha value is -3.62. The van der Waals surface area contributed by atoms with Crippen molar-refractivity contribution >= 4 is 35.3 Å². The zero-order valence-electron chi connectivity index (χ0n) is 19.8. The van der Waals surface area contributed by atoms with Crippen LogP contribution in [0.15, 0.2) is 89.8 Å². The van der Waals surface area contributed by atoms with Crippen LogP contribution in [0.1, 0.15) is 29.3 Å². The highest BCUT2D eigenvalue weighted by atomic mass is 32.2. The third-order valence-corrected chi connectivity index (χ3v) is 6.55. The molecular weight excluding hydrogens is 464 g/mol. The fraction of sp³-hybridized carbons (Fsp3) is 0.222. The summed E-state index contributed by atoms with van der Waals surface area (Å²) < 4.78 is 0. The van der Waals surface area contributed by atoms with Crippen LogP contribution in [-0.4, -0.2) is 51.9 Å². The number of hydrogen-bond acceptors (Lipinski definition) is 5. The number of benzene rings is 3. The van der Waals surface area contributed by atoms with Crippen LogP contribution >= 0.6 is 11.8 Å². The highest BCUT2D eigenvalue weighted by molar-refractivity contribution is 7.99. The molecule has 1 amide bonds. The lowest BCUT2D eigenvalue weighted by Crippen LogP contribution is -2.30. The monoisotopic (exact) mass is 494 g/mol. The minimum Gasteiger partial charge on any atom is -0.473 e. The summed E-state index contributed by atoms with van der Waals surface area (Å²) in [6.07, 6.45) is 2.13. The molecular formula is C27H30N2O5S. The van der Waals surface area contributed by atoms with Crippen LogP contribution in [0.5, 0.6) is 0 Å². The van der Waals surface area contributed by atoms with Crippen LogP contribution in [0.2, 0.25) is 0 Å². The predicted molar refractivity (Wildman–Crippen MR) is 139 cm³/mol. The highest BCUT2D eigenvalue weighted by Gasteiger charge is 2.14. The SMILES string of the molecule is CCC(Sc1ccc(NC(=O)c2ccccc2)cc1)N(C)CCc1ccccc1.O=C(O)C(=O)O. The zero-order chi connectivity index (χ0) is 25.6. The van der Waals surface area contributed by atoms with Crippen LogP contribution in [0.25, 0.3) is 0 Å². The smallest absolute Gasteiger partial charge is 0.414 e. The van der Waals surface area contributed by atoms with Crippen molar-refractivity contribution in [2.45, 2.75) is 30.0 Å². The molecule has 0 spiro atoms. The summed E-state index contributed by atoms with van der Waals surface area (Å²) in [5.41, 5.74) is 2.85. The number of rotatable bonds is 9. The first-order valence-electron chi connectivity index (χ1n) is 11.1. The first-order chi connectivity index (χ1) is 16.8. The van der Waals surface area contributed by atoms with Crippen molar-refractivity contribution in [1.29, 1.82) is 0 Å². The Balaban J connectivity index is 0.000000641. The zero-order valence-corrected chi connectivity index (χ0v) is 20.6. The molecule has 184 valence electrons. The van der Waals surface area contributed by atoms with Gasteiger partial charge in [0.2, 0.25) is 0 Å². The summed E-state index contributed by atoms with van der Waals surface area (Å²) in [4.78, 5) is 34.1. The molecule has 3 rings (SSSR count). The van der Waals surface area contributed by atoms with E-state index in [9.17, 15) is 4.79 Å². The van der Waals surface area contributed by atoms with E-state index in [2.05, 4.69) is 66.7 Å². The van der Waals surface area contributed by atoms with Gasteiger partial charge in [-0.15, -0.1) is 11.8 Å². The van der Waals surface area contributed by atoms with E-state index in [1.54, 1.807) is 0 Å². The summed E-state index contributed by atoms with van der Waals surface area (Å²) >= 11 is 1.87. The Bertz CT molecular complexity index is 1060. The predicted octanol–water partition coefficient (Wildman–Crippen LogP) is 5.10. The molecule has 0 fully saturated rings. The summed E-state index contributed by atoms with van der Waals surface area (Å²) in [7, 11) is 2.19. The molecule has 8 heteroatoms. The lowest BCUT2D eigenvalue weighted by molar-refractivity contribution is -0.159. The third kappa shape index (κ3) is 10.0. The number of carboxylic acid groups (broad SMARTS) is 2. The van der Waals surface area contributed by atoms with E-state index in [0.717, 1.165) is 25.1 Å². The van der Waals surface area contributed by atoms with Gasteiger partial charge >= 0.3 is 11.9 Å². The van der Waals surface area contributed by atoms with Crippen LogP contribution in [0, 0.1) is 0 Å². The normalized spacial score (nSPS) is 11.2. The van der Waals surface area contributed by atoms with E-state index >= 15 is 0 Å². The standard InChI is InChI=1S/C25H28N2OS.C2H2O4/c1-3-24(27(2)19-18-20-10-6-4-7-11-20)29-23-16-14-22(15-17-23)26-25(28)21-12-8-5-9-13-21;3-1(4)2(5)6/h4-17,24H,3,18-19H2,1-2H3,(H,26,28);(H,3,4)(H,5,6). The van der Waals surface area contributed by atoms with Crippen molar-refractivity contribution < 1.29 is 24.6 Å². The highest BCUT2D eigenvalue weighted by Crippen LogP contribution is 2.28. The maximum absolute atomic E-state index is 12.3. The number of carbonyl (C=O) groups is 3. The molecule has 7 nitrogen and oxygen atoms in total. The molecule has 0 radical (unpaired) electrons. The molecule has 3 aromatic carbocycles. The Morgan fingerprint density at radius 1 is 0.857 bits per heavy atom. The maximum atomic E-state index is 12.3. The van der Waals surface area contributed by atoms with E-state index in [0.29, 0.717) is 10.9 Å². The van der Waals surface area contributed by atoms with Crippen molar-refractivity contribution in [3.8, 4) is 0 Å². The Kier molecular flexibility index (Phi) is 11.5. The van der Waals surface area contributed by atoms with E-state index in [4.69, 9.17) is 19.8 Å². The van der Waals surface area contributed by atoms with Crippen LogP contribution in [0.3, 0.4) is 0 Å². The fourth-order valence-corrected chi connectivity index (χ4v) is 4.21. The average molecular weight is 495 g/mol. The van der Waals surface area contributed by atoms with Gasteiger partial charge in [-0.1, -0.05) is 55.5 Å². The van der Waals surface area contributed by atoms with Crippen molar-refractivity contribution in [2.24, 2.45) is 0 Å². The molecule has 0 aliphatic carbocycles. The molecule has 0 aliphatic heterocycles. The molecule has 1 atom stereocenters. The summed E-state index contributed by atoms with van der Waals surface area (Å²) in [6.45, 7) is 3.26. The van der Waals surface area contributed by atoms with E-state index in [-0.39, 0.29) is 5.91 Å². The van der Waals surface area contributed by atoms with Gasteiger partial charge in [0.25, 0.3) is 5.91 Å². The molecule has 0 saturated heterocycles. The van der Waals surface area contributed by atoms with Gasteiger partial charge < -0.3 is 15.5 Å². The molecule has 0 bridgehead atoms. The molecule has 0 saturated carbocycles. The van der Waals surface area contributed by atoms with Crippen LogP contribution in [0.4, 0.5) is 5.69 Å². The molecule has 0 aromatic heterocycles. The minimum absolute atomic E-state index is 0.0851. The second-order valence-electron chi connectivity index (χ2n) is 7.65. The number of carboxylic acids is 2. The van der Waals surface area contributed by atoms with Crippen molar-refractivity contribution in [2.75, 3.05) is 18.9 Å². The number of aliphatic carboxylic acids is 2. The number of likely N-dealkylation sites (N-methyl/N-ethyl adjacent to an activating group) is 1. The molecule has 35 heavy (non-hydrogen) atoms. The molecule has 3 aromatic rings. The minimum atomic E-state index is -1.82. The summed E-state index contributed by atoms with van der Waals surface area (Å²) in [6, 6.07) is 28.0. The molecule has 1 unspecified atom stereocenters. The summed E-state index contributed by atoms with van der Waals surface area (Å²) in [5, 5.41) is 18.2. The van der Waals surface area contributed by atoms with Gasteiger partial charge in [-0.05, 0) is 61.9 Å². The molecule has 0 heterocycles. The van der Waals surface area contributed by atoms with Gasteiger partial charge in [0.1, 0.15) is 0 Å². The Labute approximate surface area is 209 Å². The van der Waals surface area contributed by atoms with Crippen LogP contribution in [-0.2, 0) is 16.0 Å². The number of nitrogens with one attached hydrogen (secondary N) is 1. The first-order valence-corrected chi connectivity index (χ1v) is 12.0. The van der Waals surface area contributed by atoms with Crippen molar-refractivity contribution in [3.63, 3.8) is 0 Å². The second-order valence-corrected chi connectivity index (χ2v) is 8.90. The molecule has 0 aliphatic rings. The largest absolute Gasteiger partial charge is 0.473 e. The summed E-state index contributed by atoms with van der Waals surface area (Å²) in [5.74, 6) is -3.73. The lowest BCUT2D eigenvalue weighted by Gasteiger charge is -2.26. The Morgan fingerprint density at radius 2 is 1.40 bits per heavy atom. The number of amides is 1. The van der Waals surface area contributed by atoms with Gasteiger partial charge in [-0.3, -0.25) is 9.69 Å². The lowest BCUT2D eigenvalue weighted by atomic mass is 10.1. The number of nitrogens with zero attached hydrogens (tertiary/aromatic N) is 1. The number of thioether (sulfide) groups is 1. The van der Waals surface area contributed by atoms with Crippen molar-refractivity contribution in [3.05, 3.63) is 96.1 Å². The fourth-order valence-electron chi connectivity index (χ4n) is 3.15. The van der Waals surface area contributed by atoms with Gasteiger partial charge in [0.05, 0.1) is 5.37 Å². The van der Waals surface area contributed by atoms with Crippen molar-refractivity contribution in [1.82, 2.24) is 4.90 Å². The second kappa shape index (κ2) is 14.6.